The standard InChI is InChI=1S/C15H25NO/c1-6-17-15(4,5)11-16-13(3)14-10-8-7-9-12(14)2/h7-10,13,16H,6,11H2,1-5H3. The molecule has 1 atom stereocenters. The van der Waals surface area contributed by atoms with Gasteiger partial charge in [-0.05, 0) is 45.7 Å². The number of benzene rings is 1. The highest BCUT2D eigenvalue weighted by Gasteiger charge is 2.18. The lowest BCUT2D eigenvalue weighted by Crippen LogP contribution is -2.38. The van der Waals surface area contributed by atoms with Crippen LogP contribution < -0.4 is 5.32 Å². The minimum atomic E-state index is -0.105. The average molecular weight is 235 g/mol. The highest BCUT2D eigenvalue weighted by atomic mass is 16.5. The summed E-state index contributed by atoms with van der Waals surface area (Å²) < 4.78 is 5.68. The van der Waals surface area contributed by atoms with Crippen LogP contribution in [0.4, 0.5) is 0 Å². The van der Waals surface area contributed by atoms with Crippen molar-refractivity contribution >= 4 is 0 Å². The maximum atomic E-state index is 5.68. The van der Waals surface area contributed by atoms with E-state index in [2.05, 4.69) is 57.3 Å². The van der Waals surface area contributed by atoms with Gasteiger partial charge in [0.15, 0.2) is 0 Å². The van der Waals surface area contributed by atoms with Gasteiger partial charge in [-0.1, -0.05) is 24.3 Å². The number of nitrogens with one attached hydrogen (secondary N) is 1. The zero-order valence-corrected chi connectivity index (χ0v) is 11.7. The summed E-state index contributed by atoms with van der Waals surface area (Å²) in [6.07, 6.45) is 0. The summed E-state index contributed by atoms with van der Waals surface area (Å²) in [5.74, 6) is 0. The second-order valence-corrected chi connectivity index (χ2v) is 5.15. The Bertz CT molecular complexity index is 347. The predicted octanol–water partition coefficient (Wildman–Crippen LogP) is 3.46. The molecule has 2 heteroatoms. The van der Waals surface area contributed by atoms with Gasteiger partial charge in [0.1, 0.15) is 0 Å². The molecule has 0 aromatic heterocycles. The average Bonchev–Trinajstić information content (AvgIpc) is 2.27. The zero-order chi connectivity index (χ0) is 12.9. The maximum Gasteiger partial charge on any atom is 0.0750 e. The van der Waals surface area contributed by atoms with Crippen molar-refractivity contribution in [3.05, 3.63) is 35.4 Å². The van der Waals surface area contributed by atoms with Crippen LogP contribution in [0.25, 0.3) is 0 Å². The summed E-state index contributed by atoms with van der Waals surface area (Å²) in [7, 11) is 0. The Hall–Kier alpha value is -0.860. The fraction of sp³-hybridized carbons (Fsp3) is 0.600. The molecule has 0 spiro atoms. The van der Waals surface area contributed by atoms with Crippen LogP contribution in [0.3, 0.4) is 0 Å². The summed E-state index contributed by atoms with van der Waals surface area (Å²) in [4.78, 5) is 0. The van der Waals surface area contributed by atoms with E-state index in [1.54, 1.807) is 0 Å². The lowest BCUT2D eigenvalue weighted by atomic mass is 10.0. The molecule has 0 aliphatic heterocycles. The van der Waals surface area contributed by atoms with Crippen LogP contribution in [0.15, 0.2) is 24.3 Å². The molecular weight excluding hydrogens is 210 g/mol. The van der Waals surface area contributed by atoms with Gasteiger partial charge in [-0.25, -0.2) is 0 Å². The van der Waals surface area contributed by atoms with Gasteiger partial charge in [-0.2, -0.15) is 0 Å². The topological polar surface area (TPSA) is 21.3 Å². The first-order valence-corrected chi connectivity index (χ1v) is 6.39. The Kier molecular flexibility index (Phi) is 5.16. The van der Waals surface area contributed by atoms with E-state index in [1.165, 1.54) is 11.1 Å². The maximum absolute atomic E-state index is 5.68. The molecule has 0 radical (unpaired) electrons. The largest absolute Gasteiger partial charge is 0.375 e. The van der Waals surface area contributed by atoms with Crippen LogP contribution in [0.1, 0.15) is 44.9 Å². The molecule has 0 fully saturated rings. The number of hydrogen-bond acceptors (Lipinski definition) is 2. The van der Waals surface area contributed by atoms with Crippen molar-refractivity contribution in [2.75, 3.05) is 13.2 Å². The Morgan fingerprint density at radius 3 is 2.53 bits per heavy atom. The molecule has 1 unspecified atom stereocenters. The number of rotatable bonds is 6. The summed E-state index contributed by atoms with van der Waals surface area (Å²) in [5, 5.41) is 3.54. The lowest BCUT2D eigenvalue weighted by Gasteiger charge is -2.27. The molecule has 96 valence electrons. The first-order valence-electron chi connectivity index (χ1n) is 6.39. The first-order chi connectivity index (χ1) is 7.96. The molecule has 1 aromatic carbocycles. The van der Waals surface area contributed by atoms with E-state index in [4.69, 9.17) is 4.74 Å². The number of ether oxygens (including phenoxy) is 1. The lowest BCUT2D eigenvalue weighted by molar-refractivity contribution is -0.0103. The van der Waals surface area contributed by atoms with E-state index in [-0.39, 0.29) is 5.60 Å². The third kappa shape index (κ3) is 4.49. The highest BCUT2D eigenvalue weighted by molar-refractivity contribution is 5.28. The smallest absolute Gasteiger partial charge is 0.0750 e. The molecule has 0 aliphatic carbocycles. The third-order valence-electron chi connectivity index (χ3n) is 3.02. The van der Waals surface area contributed by atoms with Gasteiger partial charge in [-0.3, -0.25) is 0 Å². The second kappa shape index (κ2) is 6.18. The van der Waals surface area contributed by atoms with E-state index in [0.717, 1.165) is 13.2 Å². The molecule has 1 rings (SSSR count). The van der Waals surface area contributed by atoms with Gasteiger partial charge < -0.3 is 10.1 Å². The molecule has 0 saturated carbocycles. The third-order valence-corrected chi connectivity index (χ3v) is 3.02. The van der Waals surface area contributed by atoms with E-state index in [9.17, 15) is 0 Å². The number of hydrogen-bond donors (Lipinski definition) is 1. The fourth-order valence-corrected chi connectivity index (χ4v) is 2.02. The van der Waals surface area contributed by atoms with Gasteiger partial charge in [-0.15, -0.1) is 0 Å². The summed E-state index contributed by atoms with van der Waals surface area (Å²) in [5.41, 5.74) is 2.59. The monoisotopic (exact) mass is 235 g/mol. The molecule has 1 N–H and O–H groups in total. The SMILES string of the molecule is CCOC(C)(C)CNC(C)c1ccccc1C. The van der Waals surface area contributed by atoms with Crippen molar-refractivity contribution in [1.29, 1.82) is 0 Å². The zero-order valence-electron chi connectivity index (χ0n) is 11.7. The van der Waals surface area contributed by atoms with Gasteiger partial charge >= 0.3 is 0 Å². The normalized spacial score (nSPS) is 13.7. The quantitative estimate of drug-likeness (QED) is 0.815. The van der Waals surface area contributed by atoms with E-state index < -0.39 is 0 Å². The van der Waals surface area contributed by atoms with E-state index in [1.807, 2.05) is 6.92 Å². The fourth-order valence-electron chi connectivity index (χ4n) is 2.02. The molecule has 0 saturated heterocycles. The van der Waals surface area contributed by atoms with E-state index >= 15 is 0 Å². The van der Waals surface area contributed by atoms with Crippen LogP contribution in [-0.2, 0) is 4.74 Å². The first kappa shape index (κ1) is 14.2. The van der Waals surface area contributed by atoms with Crippen molar-refractivity contribution in [2.24, 2.45) is 0 Å². The molecule has 0 amide bonds. The molecule has 17 heavy (non-hydrogen) atoms. The minimum absolute atomic E-state index is 0.105. The molecule has 0 aliphatic rings. The molecule has 2 nitrogen and oxygen atoms in total. The van der Waals surface area contributed by atoms with Gasteiger partial charge in [0, 0.05) is 19.2 Å². The van der Waals surface area contributed by atoms with Crippen molar-refractivity contribution in [3.8, 4) is 0 Å². The Morgan fingerprint density at radius 1 is 1.29 bits per heavy atom. The second-order valence-electron chi connectivity index (χ2n) is 5.15. The van der Waals surface area contributed by atoms with Gasteiger partial charge in [0.2, 0.25) is 0 Å². The van der Waals surface area contributed by atoms with Crippen LogP contribution in [0.2, 0.25) is 0 Å². The Balaban J connectivity index is 2.56. The summed E-state index contributed by atoms with van der Waals surface area (Å²) in [6, 6.07) is 8.86. The van der Waals surface area contributed by atoms with Crippen LogP contribution in [0.5, 0.6) is 0 Å². The van der Waals surface area contributed by atoms with E-state index in [0.29, 0.717) is 6.04 Å². The van der Waals surface area contributed by atoms with Crippen molar-refractivity contribution in [3.63, 3.8) is 0 Å². The van der Waals surface area contributed by atoms with Crippen LogP contribution in [-0.4, -0.2) is 18.8 Å². The van der Waals surface area contributed by atoms with Crippen molar-refractivity contribution in [2.45, 2.75) is 46.3 Å². The van der Waals surface area contributed by atoms with Crippen molar-refractivity contribution in [1.82, 2.24) is 5.32 Å². The van der Waals surface area contributed by atoms with Crippen molar-refractivity contribution < 1.29 is 4.74 Å². The van der Waals surface area contributed by atoms with Crippen LogP contribution in [0, 0.1) is 6.92 Å². The minimum Gasteiger partial charge on any atom is -0.375 e. The Morgan fingerprint density at radius 2 is 1.94 bits per heavy atom. The van der Waals surface area contributed by atoms with Gasteiger partial charge in [0.05, 0.1) is 5.60 Å². The molecular formula is C15H25NO. The highest BCUT2D eigenvalue weighted by Crippen LogP contribution is 2.18. The number of aryl methyl sites for hydroxylation is 1. The molecule has 0 heterocycles. The van der Waals surface area contributed by atoms with Gasteiger partial charge in [0.25, 0.3) is 0 Å². The summed E-state index contributed by atoms with van der Waals surface area (Å²) >= 11 is 0. The predicted molar refractivity (Wildman–Crippen MR) is 73.3 cm³/mol. The Labute approximate surface area is 105 Å². The summed E-state index contributed by atoms with van der Waals surface area (Å²) in [6.45, 7) is 12.2. The molecule has 0 bridgehead atoms. The van der Waals surface area contributed by atoms with Crippen LogP contribution >= 0.6 is 0 Å². The molecule has 1 aromatic rings.